The predicted octanol–water partition coefficient (Wildman–Crippen LogP) is 1.30. The Morgan fingerprint density at radius 2 is 1.95 bits per heavy atom. The van der Waals surface area contributed by atoms with Gasteiger partial charge in [-0.05, 0) is 18.9 Å². The van der Waals surface area contributed by atoms with Gasteiger partial charge < -0.3 is 0 Å². The summed E-state index contributed by atoms with van der Waals surface area (Å²) >= 11 is 0. The lowest BCUT2D eigenvalue weighted by atomic mass is 10.1. The highest BCUT2D eigenvalue weighted by Crippen LogP contribution is 2.20. The first-order valence-electron chi connectivity index (χ1n) is 7.74. The Balaban J connectivity index is 1.51. The molecule has 0 aliphatic carbocycles. The average molecular weight is 308 g/mol. The number of aryl methyl sites for hydroxylation is 1. The summed E-state index contributed by atoms with van der Waals surface area (Å²) in [5, 5.41) is 0. The molecule has 2 aliphatic heterocycles. The van der Waals surface area contributed by atoms with E-state index in [0.717, 1.165) is 39.1 Å². The first-order chi connectivity index (χ1) is 10.0. The minimum atomic E-state index is -2.77. The molecule has 1 atom stereocenters. The van der Waals surface area contributed by atoms with Gasteiger partial charge in [-0.25, -0.2) is 8.42 Å². The van der Waals surface area contributed by atoms with Gasteiger partial charge in [-0.3, -0.25) is 9.80 Å². The Bertz CT molecular complexity index is 592. The fraction of sp³-hybridized carbons (Fsp3) is 0.625. The highest BCUT2D eigenvalue weighted by Gasteiger charge is 2.33. The normalized spacial score (nSPS) is 27.0. The zero-order valence-corrected chi connectivity index (χ0v) is 13.5. The van der Waals surface area contributed by atoms with Crippen molar-refractivity contribution in [2.24, 2.45) is 0 Å². The summed E-state index contributed by atoms with van der Waals surface area (Å²) < 4.78 is 23.2. The Hall–Kier alpha value is -0.910. The van der Waals surface area contributed by atoms with Crippen LogP contribution in [0.15, 0.2) is 24.3 Å². The molecular weight excluding hydrogens is 284 g/mol. The van der Waals surface area contributed by atoms with E-state index in [2.05, 4.69) is 41.0 Å². The monoisotopic (exact) mass is 308 g/mol. The zero-order valence-electron chi connectivity index (χ0n) is 12.7. The quantitative estimate of drug-likeness (QED) is 0.844. The molecule has 0 amide bonds. The minimum Gasteiger partial charge on any atom is -0.297 e. The van der Waals surface area contributed by atoms with E-state index in [-0.39, 0.29) is 6.04 Å². The SMILES string of the molecule is Cc1cccc(CN2CCN([C@@H]3CCS(=O)(=O)C3)CC2)c1. The predicted molar refractivity (Wildman–Crippen MR) is 85.1 cm³/mol. The Kier molecular flexibility index (Phi) is 4.33. The van der Waals surface area contributed by atoms with Gasteiger partial charge >= 0.3 is 0 Å². The topological polar surface area (TPSA) is 40.6 Å². The third-order valence-electron chi connectivity index (χ3n) is 4.62. The van der Waals surface area contributed by atoms with Crippen molar-refractivity contribution in [3.63, 3.8) is 0 Å². The number of nitrogens with zero attached hydrogens (tertiary/aromatic N) is 2. The summed E-state index contributed by atoms with van der Waals surface area (Å²) in [4.78, 5) is 4.84. The highest BCUT2D eigenvalue weighted by molar-refractivity contribution is 7.91. The Labute approximate surface area is 127 Å². The van der Waals surface area contributed by atoms with Gasteiger partial charge in [0.05, 0.1) is 11.5 Å². The second-order valence-electron chi connectivity index (χ2n) is 6.36. The average Bonchev–Trinajstić information content (AvgIpc) is 2.80. The summed E-state index contributed by atoms with van der Waals surface area (Å²) in [5.74, 6) is 0.742. The third kappa shape index (κ3) is 3.84. The number of hydrogen-bond donors (Lipinski definition) is 0. The van der Waals surface area contributed by atoms with Crippen molar-refractivity contribution in [3.8, 4) is 0 Å². The number of piperazine rings is 1. The standard InChI is InChI=1S/C16H24N2O2S/c1-14-3-2-4-15(11-14)12-17-6-8-18(9-7-17)16-5-10-21(19,20)13-16/h2-4,11,16H,5-10,12-13H2,1H3/t16-/m1/s1. The van der Waals surface area contributed by atoms with Crippen molar-refractivity contribution in [1.82, 2.24) is 9.80 Å². The van der Waals surface area contributed by atoms with Crippen molar-refractivity contribution in [2.45, 2.75) is 25.9 Å². The fourth-order valence-electron chi connectivity index (χ4n) is 3.42. The molecule has 5 heteroatoms. The van der Waals surface area contributed by atoms with Gasteiger partial charge in [0.2, 0.25) is 0 Å². The Morgan fingerprint density at radius 3 is 2.57 bits per heavy atom. The van der Waals surface area contributed by atoms with Gasteiger partial charge in [0.25, 0.3) is 0 Å². The van der Waals surface area contributed by atoms with Crippen LogP contribution in [-0.4, -0.2) is 61.9 Å². The largest absolute Gasteiger partial charge is 0.297 e. The molecule has 21 heavy (non-hydrogen) atoms. The van der Waals surface area contributed by atoms with E-state index in [1.54, 1.807) is 0 Å². The van der Waals surface area contributed by atoms with E-state index in [0.29, 0.717) is 11.5 Å². The molecule has 2 heterocycles. The van der Waals surface area contributed by atoms with Crippen LogP contribution in [0.4, 0.5) is 0 Å². The van der Waals surface area contributed by atoms with Gasteiger partial charge in [0, 0.05) is 38.8 Å². The molecule has 2 aliphatic rings. The molecule has 0 bridgehead atoms. The van der Waals surface area contributed by atoms with Crippen LogP contribution in [0, 0.1) is 6.92 Å². The van der Waals surface area contributed by atoms with Crippen molar-refractivity contribution < 1.29 is 8.42 Å². The second kappa shape index (κ2) is 6.07. The van der Waals surface area contributed by atoms with E-state index in [4.69, 9.17) is 0 Å². The maximum absolute atomic E-state index is 11.6. The molecule has 2 saturated heterocycles. The molecule has 4 nitrogen and oxygen atoms in total. The molecule has 0 saturated carbocycles. The van der Waals surface area contributed by atoms with E-state index in [9.17, 15) is 8.42 Å². The summed E-state index contributed by atoms with van der Waals surface area (Å²) in [5.41, 5.74) is 2.68. The van der Waals surface area contributed by atoms with Crippen LogP contribution in [0.5, 0.6) is 0 Å². The molecule has 1 aromatic carbocycles. The van der Waals surface area contributed by atoms with Crippen molar-refractivity contribution in [2.75, 3.05) is 37.7 Å². The first kappa shape index (κ1) is 15.0. The van der Waals surface area contributed by atoms with E-state index >= 15 is 0 Å². The summed E-state index contributed by atoms with van der Waals surface area (Å²) in [7, 11) is -2.77. The molecular formula is C16H24N2O2S. The number of sulfone groups is 1. The Morgan fingerprint density at radius 1 is 1.19 bits per heavy atom. The first-order valence-corrected chi connectivity index (χ1v) is 9.56. The molecule has 116 valence electrons. The molecule has 0 radical (unpaired) electrons. The summed E-state index contributed by atoms with van der Waals surface area (Å²) in [6.45, 7) is 7.17. The molecule has 1 aromatic rings. The lowest BCUT2D eigenvalue weighted by Gasteiger charge is -2.37. The molecule has 0 spiro atoms. The van der Waals surface area contributed by atoms with Gasteiger partial charge in [-0.2, -0.15) is 0 Å². The minimum absolute atomic E-state index is 0.260. The van der Waals surface area contributed by atoms with Crippen LogP contribution in [0.3, 0.4) is 0 Å². The van der Waals surface area contributed by atoms with Crippen LogP contribution >= 0.6 is 0 Å². The van der Waals surface area contributed by atoms with Crippen LogP contribution < -0.4 is 0 Å². The van der Waals surface area contributed by atoms with Gasteiger partial charge in [-0.15, -0.1) is 0 Å². The van der Waals surface area contributed by atoms with Crippen molar-refractivity contribution in [1.29, 1.82) is 0 Å². The maximum Gasteiger partial charge on any atom is 0.151 e. The fourth-order valence-corrected chi connectivity index (χ4v) is 5.18. The smallest absolute Gasteiger partial charge is 0.151 e. The van der Waals surface area contributed by atoms with Gasteiger partial charge in [-0.1, -0.05) is 29.8 Å². The van der Waals surface area contributed by atoms with Gasteiger partial charge in [0.1, 0.15) is 0 Å². The van der Waals surface area contributed by atoms with E-state index in [1.807, 2.05) is 0 Å². The number of rotatable bonds is 3. The van der Waals surface area contributed by atoms with E-state index in [1.165, 1.54) is 11.1 Å². The van der Waals surface area contributed by atoms with Crippen LogP contribution in [0.2, 0.25) is 0 Å². The third-order valence-corrected chi connectivity index (χ3v) is 6.37. The van der Waals surface area contributed by atoms with E-state index < -0.39 is 9.84 Å². The molecule has 0 N–H and O–H groups in total. The van der Waals surface area contributed by atoms with Crippen molar-refractivity contribution in [3.05, 3.63) is 35.4 Å². The summed E-state index contributed by atoms with van der Waals surface area (Å²) in [6.07, 6.45) is 0.820. The molecule has 0 aromatic heterocycles. The number of benzene rings is 1. The lowest BCUT2D eigenvalue weighted by molar-refractivity contribution is 0.100. The zero-order chi connectivity index (χ0) is 14.9. The summed E-state index contributed by atoms with van der Waals surface area (Å²) in [6, 6.07) is 8.93. The second-order valence-corrected chi connectivity index (χ2v) is 8.59. The van der Waals surface area contributed by atoms with Crippen LogP contribution in [0.25, 0.3) is 0 Å². The molecule has 0 unspecified atom stereocenters. The number of hydrogen-bond acceptors (Lipinski definition) is 4. The van der Waals surface area contributed by atoms with Crippen LogP contribution in [0.1, 0.15) is 17.5 Å². The van der Waals surface area contributed by atoms with Crippen LogP contribution in [-0.2, 0) is 16.4 Å². The molecule has 2 fully saturated rings. The van der Waals surface area contributed by atoms with Gasteiger partial charge in [0.15, 0.2) is 9.84 Å². The highest BCUT2D eigenvalue weighted by atomic mass is 32.2. The lowest BCUT2D eigenvalue weighted by Crippen LogP contribution is -2.50. The molecule has 3 rings (SSSR count). The maximum atomic E-state index is 11.6. The van der Waals surface area contributed by atoms with Crippen molar-refractivity contribution >= 4 is 9.84 Å².